The first-order valence-corrected chi connectivity index (χ1v) is 14.8. The first-order chi connectivity index (χ1) is 16.4. The number of ether oxygens (including phenoxy) is 1. The molecule has 10 heteroatoms. The van der Waals surface area contributed by atoms with Gasteiger partial charge in [-0.3, -0.25) is 0 Å². The molecule has 0 amide bonds. The molecule has 0 fully saturated rings. The van der Waals surface area contributed by atoms with Crippen molar-refractivity contribution in [3.05, 3.63) is 88.0 Å². The van der Waals surface area contributed by atoms with E-state index >= 15 is 0 Å². The molecule has 0 aliphatic carbocycles. The number of aryl methyl sites for hydroxylation is 1. The van der Waals surface area contributed by atoms with Crippen molar-refractivity contribution in [1.82, 2.24) is 9.55 Å². The van der Waals surface area contributed by atoms with E-state index in [1.54, 1.807) is 17.7 Å². The van der Waals surface area contributed by atoms with Gasteiger partial charge in [0.15, 0.2) is 0 Å². The van der Waals surface area contributed by atoms with Gasteiger partial charge >= 0.3 is 0 Å². The van der Waals surface area contributed by atoms with E-state index in [-0.39, 0.29) is 17.9 Å². The SMILES string of the molecule is Cc1cnc(C(c2ccc(F)c(C(F)F)c2)c2ccc(F)c(C(F)F)c2)n1COCC[Si](C)(C)C. The van der Waals surface area contributed by atoms with Gasteiger partial charge in [-0.25, -0.2) is 31.3 Å². The van der Waals surface area contributed by atoms with Crippen LogP contribution in [0.4, 0.5) is 26.3 Å². The van der Waals surface area contributed by atoms with Crippen LogP contribution in [0.15, 0.2) is 42.6 Å². The molecule has 0 bridgehead atoms. The molecule has 0 atom stereocenters. The van der Waals surface area contributed by atoms with Crippen molar-refractivity contribution >= 4 is 8.07 Å². The van der Waals surface area contributed by atoms with Gasteiger partial charge in [-0.15, -0.1) is 0 Å². The highest BCUT2D eigenvalue weighted by molar-refractivity contribution is 6.76. The Bertz CT molecular complexity index is 1100. The lowest BCUT2D eigenvalue weighted by molar-refractivity contribution is 0.0836. The van der Waals surface area contributed by atoms with E-state index in [0.29, 0.717) is 18.1 Å². The topological polar surface area (TPSA) is 27.1 Å². The molecule has 0 spiro atoms. The van der Waals surface area contributed by atoms with Crippen molar-refractivity contribution in [2.45, 2.75) is 58.1 Å². The van der Waals surface area contributed by atoms with Crippen molar-refractivity contribution in [3.8, 4) is 0 Å². The van der Waals surface area contributed by atoms with Gasteiger partial charge in [-0.05, 0) is 48.4 Å². The number of alkyl halides is 4. The highest BCUT2D eigenvalue weighted by atomic mass is 28.3. The summed E-state index contributed by atoms with van der Waals surface area (Å²) in [5.41, 5.74) is -0.509. The molecule has 0 aliphatic rings. The van der Waals surface area contributed by atoms with Crippen molar-refractivity contribution in [2.24, 2.45) is 0 Å². The lowest BCUT2D eigenvalue weighted by Crippen LogP contribution is -2.22. The number of nitrogens with zero attached hydrogens (tertiary/aromatic N) is 2. The number of hydrogen-bond acceptors (Lipinski definition) is 2. The van der Waals surface area contributed by atoms with Crippen LogP contribution in [0.5, 0.6) is 0 Å². The Morgan fingerprint density at radius 2 is 1.40 bits per heavy atom. The second kappa shape index (κ2) is 11.0. The van der Waals surface area contributed by atoms with Crippen LogP contribution in [0.25, 0.3) is 0 Å². The second-order valence-corrected chi connectivity index (χ2v) is 15.3. The molecule has 0 saturated carbocycles. The van der Waals surface area contributed by atoms with Gasteiger partial charge in [0.05, 0.1) is 17.0 Å². The van der Waals surface area contributed by atoms with Crippen molar-refractivity contribution in [2.75, 3.05) is 6.61 Å². The molecule has 0 unspecified atom stereocenters. The minimum Gasteiger partial charge on any atom is -0.361 e. The van der Waals surface area contributed by atoms with E-state index in [0.717, 1.165) is 30.3 Å². The average Bonchev–Trinajstić information content (AvgIpc) is 3.12. The fourth-order valence-electron chi connectivity index (χ4n) is 3.72. The Labute approximate surface area is 201 Å². The number of benzene rings is 2. The molecule has 0 radical (unpaired) electrons. The summed E-state index contributed by atoms with van der Waals surface area (Å²) in [5, 5.41) is 0. The maximum absolute atomic E-state index is 14.0. The van der Waals surface area contributed by atoms with Crippen LogP contribution >= 0.6 is 0 Å². The molecule has 0 saturated heterocycles. The Hall–Kier alpha value is -2.59. The third-order valence-electron chi connectivity index (χ3n) is 5.74. The molecule has 2 aromatic carbocycles. The Morgan fingerprint density at radius 1 is 0.886 bits per heavy atom. The molecular weight excluding hydrogens is 486 g/mol. The van der Waals surface area contributed by atoms with Gasteiger partial charge < -0.3 is 9.30 Å². The van der Waals surface area contributed by atoms with Gasteiger partial charge in [0.2, 0.25) is 0 Å². The van der Waals surface area contributed by atoms with Crippen LogP contribution in [0.1, 0.15) is 52.5 Å². The molecule has 3 rings (SSSR count). The van der Waals surface area contributed by atoms with E-state index in [2.05, 4.69) is 24.6 Å². The first-order valence-electron chi connectivity index (χ1n) is 11.1. The zero-order chi connectivity index (χ0) is 25.9. The molecular formula is C25H28F6N2OSi. The van der Waals surface area contributed by atoms with Gasteiger partial charge in [-0.1, -0.05) is 31.8 Å². The fraction of sp³-hybridized carbons (Fsp3) is 0.400. The fourth-order valence-corrected chi connectivity index (χ4v) is 4.48. The predicted octanol–water partition coefficient (Wildman–Crippen LogP) is 7.84. The predicted molar refractivity (Wildman–Crippen MR) is 125 cm³/mol. The minimum absolute atomic E-state index is 0.105. The van der Waals surface area contributed by atoms with Crippen LogP contribution in [-0.2, 0) is 11.5 Å². The number of hydrogen-bond donors (Lipinski definition) is 0. The Morgan fingerprint density at radius 3 is 1.86 bits per heavy atom. The van der Waals surface area contributed by atoms with Gasteiger partial charge in [0, 0.05) is 26.6 Å². The number of aromatic nitrogens is 2. The monoisotopic (exact) mass is 514 g/mol. The summed E-state index contributed by atoms with van der Waals surface area (Å²) in [4.78, 5) is 4.42. The average molecular weight is 515 g/mol. The smallest absolute Gasteiger partial charge is 0.266 e. The van der Waals surface area contributed by atoms with Crippen molar-refractivity contribution in [1.29, 1.82) is 0 Å². The standard InChI is InChI=1S/C25H28F6N2OSi/c1-15-13-32-25(33(15)14-34-9-10-35(2,3)4)22(16-5-7-20(26)18(11-16)23(28)29)17-6-8-21(27)19(12-17)24(30)31/h5-8,11-13,22-24H,9-10,14H2,1-4H3. The summed E-state index contributed by atoms with van der Waals surface area (Å²) in [7, 11) is -1.34. The normalized spacial score (nSPS) is 12.4. The summed E-state index contributed by atoms with van der Waals surface area (Å²) in [6.45, 7) is 9.03. The molecule has 35 heavy (non-hydrogen) atoms. The molecule has 1 heterocycles. The molecule has 0 N–H and O–H groups in total. The highest BCUT2D eigenvalue weighted by Gasteiger charge is 2.27. The van der Waals surface area contributed by atoms with E-state index in [1.165, 1.54) is 12.1 Å². The summed E-state index contributed by atoms with van der Waals surface area (Å²) < 4.78 is 89.5. The molecule has 3 nitrogen and oxygen atoms in total. The zero-order valence-electron chi connectivity index (χ0n) is 20.0. The Kier molecular flexibility index (Phi) is 8.48. The molecule has 190 valence electrons. The second-order valence-electron chi connectivity index (χ2n) is 9.63. The van der Waals surface area contributed by atoms with E-state index < -0.39 is 49.6 Å². The van der Waals surface area contributed by atoms with Crippen LogP contribution in [0.2, 0.25) is 25.7 Å². The third-order valence-corrected chi connectivity index (χ3v) is 7.44. The number of rotatable bonds is 10. The van der Waals surface area contributed by atoms with Crippen molar-refractivity contribution < 1.29 is 31.1 Å². The quantitative estimate of drug-likeness (QED) is 0.157. The molecule has 0 aliphatic heterocycles. The van der Waals surface area contributed by atoms with Gasteiger partial charge in [0.1, 0.15) is 24.2 Å². The summed E-state index contributed by atoms with van der Waals surface area (Å²) >= 11 is 0. The van der Waals surface area contributed by atoms with Gasteiger partial charge in [-0.2, -0.15) is 0 Å². The Balaban J connectivity index is 2.11. The summed E-state index contributed by atoms with van der Waals surface area (Å²) in [6.07, 6.45) is -4.60. The first kappa shape index (κ1) is 27.0. The van der Waals surface area contributed by atoms with Crippen LogP contribution < -0.4 is 0 Å². The maximum atomic E-state index is 14.0. The molecule has 1 aromatic heterocycles. The van der Waals surface area contributed by atoms with Gasteiger partial charge in [0.25, 0.3) is 12.9 Å². The minimum atomic E-state index is -3.08. The van der Waals surface area contributed by atoms with E-state index in [1.807, 2.05) is 0 Å². The number of imidazole rings is 1. The largest absolute Gasteiger partial charge is 0.361 e. The number of halogens is 6. The summed E-state index contributed by atoms with van der Waals surface area (Å²) in [5.74, 6) is -2.78. The maximum Gasteiger partial charge on any atom is 0.266 e. The summed E-state index contributed by atoms with van der Waals surface area (Å²) in [6, 6.07) is 7.34. The van der Waals surface area contributed by atoms with Crippen LogP contribution in [0.3, 0.4) is 0 Å². The van der Waals surface area contributed by atoms with Crippen molar-refractivity contribution in [3.63, 3.8) is 0 Å². The van der Waals surface area contributed by atoms with Crippen LogP contribution in [0, 0.1) is 18.6 Å². The molecule has 3 aromatic rings. The highest BCUT2D eigenvalue weighted by Crippen LogP contribution is 2.36. The van der Waals surface area contributed by atoms with Crippen LogP contribution in [-0.4, -0.2) is 24.2 Å². The zero-order valence-corrected chi connectivity index (χ0v) is 21.0. The van der Waals surface area contributed by atoms with E-state index in [4.69, 9.17) is 4.74 Å². The lowest BCUT2D eigenvalue weighted by atomic mass is 9.88. The van der Waals surface area contributed by atoms with E-state index in [9.17, 15) is 26.3 Å². The third kappa shape index (κ3) is 6.55. The lowest BCUT2D eigenvalue weighted by Gasteiger charge is -2.22.